The van der Waals surface area contributed by atoms with E-state index >= 15 is 0 Å². The summed E-state index contributed by atoms with van der Waals surface area (Å²) in [6.07, 6.45) is 8.83. The van der Waals surface area contributed by atoms with Crippen LogP contribution in [-0.4, -0.2) is 32.4 Å². The number of methoxy groups -OCH3 is 1. The van der Waals surface area contributed by atoms with Crippen LogP contribution in [0.15, 0.2) is 71.8 Å². The second-order valence-electron chi connectivity index (χ2n) is 9.09. The van der Waals surface area contributed by atoms with Crippen LogP contribution in [-0.2, 0) is 6.61 Å². The zero-order chi connectivity index (χ0) is 27.7. The van der Waals surface area contributed by atoms with Crippen LogP contribution in [0.4, 0.5) is 0 Å². The molecule has 0 heterocycles. The third kappa shape index (κ3) is 10.0. The number of rotatable bonds is 17. The van der Waals surface area contributed by atoms with Crippen LogP contribution in [0.5, 0.6) is 23.0 Å². The fourth-order valence-corrected chi connectivity index (χ4v) is 3.95. The number of hydrogen-bond donors (Lipinski definition) is 1. The summed E-state index contributed by atoms with van der Waals surface area (Å²) < 4.78 is 23.0. The van der Waals surface area contributed by atoms with Crippen LogP contribution in [0, 0.1) is 0 Å². The van der Waals surface area contributed by atoms with Crippen molar-refractivity contribution in [2.24, 2.45) is 5.10 Å². The zero-order valence-electron chi connectivity index (χ0n) is 23.3. The topological polar surface area (TPSA) is 78.4 Å². The van der Waals surface area contributed by atoms with Gasteiger partial charge in [0.2, 0.25) is 0 Å². The van der Waals surface area contributed by atoms with E-state index < -0.39 is 0 Å². The molecule has 3 rings (SSSR count). The normalized spacial score (nSPS) is 10.8. The quantitative estimate of drug-likeness (QED) is 0.113. The SMILES string of the molecule is CCCCCCCCOc1ccc(/C=N/NC(=O)c2ccc(OCc3ccccc3)c(OCC)c2)cc1OC. The lowest BCUT2D eigenvalue weighted by Crippen LogP contribution is -2.17. The number of ether oxygens (including phenoxy) is 4. The van der Waals surface area contributed by atoms with E-state index in [1.165, 1.54) is 32.1 Å². The first-order valence-electron chi connectivity index (χ1n) is 13.7. The maximum Gasteiger partial charge on any atom is 0.271 e. The van der Waals surface area contributed by atoms with Crippen molar-refractivity contribution in [3.05, 3.63) is 83.4 Å². The van der Waals surface area contributed by atoms with Crippen LogP contribution in [0.2, 0.25) is 0 Å². The van der Waals surface area contributed by atoms with E-state index in [9.17, 15) is 4.79 Å². The number of nitrogens with zero attached hydrogens (tertiary/aromatic N) is 1. The Morgan fingerprint density at radius 2 is 1.54 bits per heavy atom. The lowest BCUT2D eigenvalue weighted by atomic mass is 10.1. The molecule has 208 valence electrons. The molecular weight excluding hydrogens is 492 g/mol. The lowest BCUT2D eigenvalue weighted by Gasteiger charge is -2.13. The number of amides is 1. The van der Waals surface area contributed by atoms with Crippen LogP contribution >= 0.6 is 0 Å². The van der Waals surface area contributed by atoms with Gasteiger partial charge in [-0.1, -0.05) is 69.4 Å². The van der Waals surface area contributed by atoms with Crippen molar-refractivity contribution < 1.29 is 23.7 Å². The minimum Gasteiger partial charge on any atom is -0.493 e. The lowest BCUT2D eigenvalue weighted by molar-refractivity contribution is 0.0954. The summed E-state index contributed by atoms with van der Waals surface area (Å²) in [5, 5.41) is 4.12. The van der Waals surface area contributed by atoms with Crippen LogP contribution < -0.4 is 24.4 Å². The highest BCUT2D eigenvalue weighted by Gasteiger charge is 2.12. The molecular formula is C32H40N2O5. The van der Waals surface area contributed by atoms with Crippen LogP contribution in [0.3, 0.4) is 0 Å². The summed E-state index contributed by atoms with van der Waals surface area (Å²) in [7, 11) is 1.61. The first-order valence-corrected chi connectivity index (χ1v) is 13.7. The maximum atomic E-state index is 12.7. The van der Waals surface area contributed by atoms with Gasteiger partial charge in [0.25, 0.3) is 5.91 Å². The largest absolute Gasteiger partial charge is 0.493 e. The van der Waals surface area contributed by atoms with E-state index in [0.29, 0.717) is 48.4 Å². The molecule has 0 aromatic heterocycles. The van der Waals surface area contributed by atoms with Gasteiger partial charge in [-0.15, -0.1) is 0 Å². The molecule has 0 unspecified atom stereocenters. The molecule has 0 atom stereocenters. The summed E-state index contributed by atoms with van der Waals surface area (Å²) in [5.74, 6) is 2.06. The fourth-order valence-electron chi connectivity index (χ4n) is 3.95. The second kappa shape index (κ2) is 16.8. The molecule has 0 fully saturated rings. The number of benzene rings is 3. The van der Waals surface area contributed by atoms with Crippen molar-refractivity contribution in [1.29, 1.82) is 0 Å². The number of unbranched alkanes of at least 4 members (excludes halogenated alkanes) is 5. The van der Waals surface area contributed by atoms with E-state index in [0.717, 1.165) is 17.5 Å². The zero-order valence-corrected chi connectivity index (χ0v) is 23.3. The molecule has 0 aliphatic rings. The molecule has 0 radical (unpaired) electrons. The van der Waals surface area contributed by atoms with Crippen molar-refractivity contribution in [1.82, 2.24) is 5.43 Å². The monoisotopic (exact) mass is 532 g/mol. The summed E-state index contributed by atoms with van der Waals surface area (Å²) >= 11 is 0. The van der Waals surface area contributed by atoms with E-state index in [1.54, 1.807) is 31.5 Å². The molecule has 0 bridgehead atoms. The van der Waals surface area contributed by atoms with Crippen molar-refractivity contribution >= 4 is 12.1 Å². The van der Waals surface area contributed by atoms with Gasteiger partial charge in [0, 0.05) is 5.56 Å². The molecule has 7 heteroatoms. The van der Waals surface area contributed by atoms with E-state index in [1.807, 2.05) is 55.5 Å². The molecule has 7 nitrogen and oxygen atoms in total. The Labute approximate surface area is 232 Å². The Morgan fingerprint density at radius 1 is 0.795 bits per heavy atom. The minimum atomic E-state index is -0.354. The van der Waals surface area contributed by atoms with Crippen molar-refractivity contribution in [3.8, 4) is 23.0 Å². The second-order valence-corrected chi connectivity index (χ2v) is 9.09. The average molecular weight is 533 g/mol. The van der Waals surface area contributed by atoms with Gasteiger partial charge in [-0.05, 0) is 60.9 Å². The Balaban J connectivity index is 1.54. The summed E-state index contributed by atoms with van der Waals surface area (Å²) in [6, 6.07) is 20.5. The van der Waals surface area contributed by atoms with Crippen molar-refractivity contribution in [2.45, 2.75) is 59.0 Å². The number of nitrogens with one attached hydrogen (secondary N) is 1. The highest BCUT2D eigenvalue weighted by Crippen LogP contribution is 2.30. The Kier molecular flexibility index (Phi) is 12.7. The molecule has 1 N–H and O–H groups in total. The fraction of sp³-hybridized carbons (Fsp3) is 0.375. The number of carbonyl (C=O) groups is 1. The third-order valence-electron chi connectivity index (χ3n) is 6.07. The molecule has 3 aromatic carbocycles. The first-order chi connectivity index (χ1) is 19.1. The van der Waals surface area contributed by atoms with E-state index in [-0.39, 0.29) is 5.91 Å². The molecule has 0 aliphatic carbocycles. The van der Waals surface area contributed by atoms with Gasteiger partial charge in [-0.2, -0.15) is 5.10 Å². The van der Waals surface area contributed by atoms with Gasteiger partial charge >= 0.3 is 0 Å². The van der Waals surface area contributed by atoms with Crippen LogP contribution in [0.1, 0.15) is 73.9 Å². The molecule has 0 saturated heterocycles. The third-order valence-corrected chi connectivity index (χ3v) is 6.07. The van der Waals surface area contributed by atoms with Gasteiger partial charge in [0.15, 0.2) is 23.0 Å². The summed E-state index contributed by atoms with van der Waals surface area (Å²) in [5.41, 5.74) is 4.81. The average Bonchev–Trinajstić information content (AvgIpc) is 2.97. The number of hydrazone groups is 1. The minimum absolute atomic E-state index is 0.354. The maximum absolute atomic E-state index is 12.7. The van der Waals surface area contributed by atoms with Gasteiger partial charge in [0.05, 0.1) is 26.5 Å². The first kappa shape index (κ1) is 29.6. The van der Waals surface area contributed by atoms with Crippen molar-refractivity contribution in [2.75, 3.05) is 20.3 Å². The molecule has 0 aliphatic heterocycles. The molecule has 0 saturated carbocycles. The molecule has 3 aromatic rings. The number of carbonyl (C=O) groups excluding carboxylic acids is 1. The number of hydrogen-bond acceptors (Lipinski definition) is 6. The summed E-state index contributed by atoms with van der Waals surface area (Å²) in [4.78, 5) is 12.7. The molecule has 1 amide bonds. The van der Waals surface area contributed by atoms with Crippen molar-refractivity contribution in [3.63, 3.8) is 0 Å². The van der Waals surface area contributed by atoms with Gasteiger partial charge < -0.3 is 18.9 Å². The predicted octanol–water partition coefficient (Wildman–Crippen LogP) is 7.18. The Hall–Kier alpha value is -4.00. The predicted molar refractivity (Wildman–Crippen MR) is 155 cm³/mol. The Bertz CT molecular complexity index is 1180. The van der Waals surface area contributed by atoms with E-state index in [2.05, 4.69) is 17.5 Å². The van der Waals surface area contributed by atoms with Gasteiger partial charge in [0.1, 0.15) is 6.61 Å². The van der Waals surface area contributed by atoms with Gasteiger partial charge in [-0.3, -0.25) is 4.79 Å². The van der Waals surface area contributed by atoms with Crippen LogP contribution in [0.25, 0.3) is 0 Å². The standard InChI is InChI=1S/C32H40N2O5/c1-4-6-7-8-9-13-20-38-28-18-16-26(21-30(28)36-3)23-33-34-32(35)27-17-19-29(31(22-27)37-5-2)39-24-25-14-11-10-12-15-25/h10-12,14-19,21-23H,4-9,13,20,24H2,1-3H3,(H,34,35)/b33-23+. The highest BCUT2D eigenvalue weighted by atomic mass is 16.5. The summed E-state index contributed by atoms with van der Waals surface area (Å²) in [6.45, 7) is 5.62. The van der Waals surface area contributed by atoms with Gasteiger partial charge in [-0.25, -0.2) is 5.43 Å². The molecule has 39 heavy (non-hydrogen) atoms. The van der Waals surface area contributed by atoms with E-state index in [4.69, 9.17) is 18.9 Å². The molecule has 0 spiro atoms. The highest BCUT2D eigenvalue weighted by molar-refractivity contribution is 5.95. The smallest absolute Gasteiger partial charge is 0.271 e. The Morgan fingerprint density at radius 3 is 2.31 bits per heavy atom.